The third-order valence-corrected chi connectivity index (χ3v) is 11.6. The predicted octanol–water partition coefficient (Wildman–Crippen LogP) is 14.1. The summed E-state index contributed by atoms with van der Waals surface area (Å²) >= 11 is 12.9. The Hall–Kier alpha value is -4.68. The van der Waals surface area contributed by atoms with E-state index in [0.29, 0.717) is 37.2 Å². The minimum absolute atomic E-state index is 0.0558. The second-order valence-electron chi connectivity index (χ2n) is 14.4. The van der Waals surface area contributed by atoms with E-state index >= 15 is 0 Å². The van der Waals surface area contributed by atoms with Crippen LogP contribution in [0.5, 0.6) is 23.0 Å². The van der Waals surface area contributed by atoms with E-state index in [2.05, 4.69) is 39.8 Å². The molecule has 0 aliphatic heterocycles. The molecule has 4 atom stereocenters. The molecule has 284 valence electrons. The van der Waals surface area contributed by atoms with Crippen molar-refractivity contribution >= 4 is 23.2 Å². The van der Waals surface area contributed by atoms with Gasteiger partial charge in [-0.1, -0.05) is 124 Å². The van der Waals surface area contributed by atoms with E-state index in [1.807, 2.05) is 97.1 Å². The lowest BCUT2D eigenvalue weighted by Crippen LogP contribution is -2.48. The summed E-state index contributed by atoms with van der Waals surface area (Å²) in [4.78, 5) is 0. The van der Waals surface area contributed by atoms with Crippen LogP contribution >= 0.6 is 23.2 Å². The Kier molecular flexibility index (Phi) is 13.0. The Morgan fingerprint density at radius 1 is 0.491 bits per heavy atom. The highest BCUT2D eigenvalue weighted by atomic mass is 35.5. The van der Waals surface area contributed by atoms with Gasteiger partial charge < -0.3 is 14.2 Å². The maximum Gasteiger partial charge on any atom is 0.141 e. The third-order valence-electron chi connectivity index (χ3n) is 11.0. The van der Waals surface area contributed by atoms with Gasteiger partial charge in [-0.05, 0) is 121 Å². The minimum Gasteiger partial charge on any atom is -0.457 e. The van der Waals surface area contributed by atoms with Gasteiger partial charge in [0.1, 0.15) is 34.6 Å². The van der Waals surface area contributed by atoms with E-state index in [9.17, 15) is 8.78 Å². The van der Waals surface area contributed by atoms with Crippen LogP contribution in [0.1, 0.15) is 62.8 Å². The van der Waals surface area contributed by atoms with Gasteiger partial charge in [0.25, 0.3) is 0 Å². The molecule has 7 heteroatoms. The van der Waals surface area contributed by atoms with Crippen LogP contribution in [0.3, 0.4) is 0 Å². The molecule has 55 heavy (non-hydrogen) atoms. The summed E-state index contributed by atoms with van der Waals surface area (Å²) in [7, 11) is 0. The Labute approximate surface area is 333 Å². The van der Waals surface area contributed by atoms with Gasteiger partial charge in [-0.2, -0.15) is 0 Å². The van der Waals surface area contributed by atoms with Crippen LogP contribution in [-0.4, -0.2) is 12.2 Å². The molecule has 6 aromatic rings. The number of halogens is 4. The fraction of sp³-hybridized carbons (Fsp3) is 0.250. The van der Waals surface area contributed by atoms with Crippen LogP contribution in [0.15, 0.2) is 146 Å². The summed E-state index contributed by atoms with van der Waals surface area (Å²) in [6.07, 6.45) is 1.45. The van der Waals surface area contributed by atoms with E-state index < -0.39 is 34.7 Å². The highest BCUT2D eigenvalue weighted by Gasteiger charge is 2.43. The van der Waals surface area contributed by atoms with E-state index in [4.69, 9.17) is 37.4 Å². The van der Waals surface area contributed by atoms with Crippen LogP contribution in [0.2, 0.25) is 10.0 Å². The average molecular weight is 780 g/mol. The number of para-hydroxylation sites is 2. The fourth-order valence-electron chi connectivity index (χ4n) is 7.13. The third kappa shape index (κ3) is 9.59. The molecule has 0 aliphatic rings. The monoisotopic (exact) mass is 778 g/mol. The molecule has 4 unspecified atom stereocenters. The minimum atomic E-state index is -0.626. The SMILES string of the molecule is CCC(C)(c1ccc(F)c(Cl)c1)C(Cc1cccc(Oc2ccccc2)c1)OC(Cc1cccc(Oc2ccccc2)c1)C(C)(CC)c1ccc(F)c(Cl)c1. The van der Waals surface area contributed by atoms with Crippen molar-refractivity contribution in [2.24, 2.45) is 0 Å². The molecule has 0 saturated carbocycles. The zero-order chi connectivity index (χ0) is 39.0. The van der Waals surface area contributed by atoms with Crippen molar-refractivity contribution in [1.82, 2.24) is 0 Å². The van der Waals surface area contributed by atoms with Crippen LogP contribution in [0.4, 0.5) is 8.78 Å². The Balaban J connectivity index is 1.44. The van der Waals surface area contributed by atoms with Gasteiger partial charge in [0, 0.05) is 10.8 Å². The van der Waals surface area contributed by atoms with E-state index in [-0.39, 0.29) is 10.0 Å². The first-order valence-electron chi connectivity index (χ1n) is 18.7. The number of rotatable bonds is 16. The van der Waals surface area contributed by atoms with Gasteiger partial charge in [0.05, 0.1) is 22.3 Å². The predicted molar refractivity (Wildman–Crippen MR) is 220 cm³/mol. The highest BCUT2D eigenvalue weighted by molar-refractivity contribution is 6.31. The molecule has 3 nitrogen and oxygen atoms in total. The van der Waals surface area contributed by atoms with Gasteiger partial charge in [-0.3, -0.25) is 0 Å². The van der Waals surface area contributed by atoms with Crippen molar-refractivity contribution < 1.29 is 23.0 Å². The van der Waals surface area contributed by atoms with E-state index in [0.717, 1.165) is 33.8 Å². The number of ether oxygens (including phenoxy) is 3. The maximum absolute atomic E-state index is 14.6. The summed E-state index contributed by atoms with van der Waals surface area (Å²) in [6.45, 7) is 8.52. The molecule has 6 rings (SSSR count). The normalized spacial score (nSPS) is 14.7. The Morgan fingerprint density at radius 3 is 1.24 bits per heavy atom. The molecular formula is C48H46Cl2F2O3. The molecule has 0 aliphatic carbocycles. The quantitative estimate of drug-likeness (QED) is 0.0979. The summed E-state index contributed by atoms with van der Waals surface area (Å²) in [5.74, 6) is 1.93. The Morgan fingerprint density at radius 2 is 0.873 bits per heavy atom. The van der Waals surface area contributed by atoms with Crippen LogP contribution in [0, 0.1) is 11.6 Å². The lowest BCUT2D eigenvalue weighted by Gasteiger charge is -2.45. The van der Waals surface area contributed by atoms with Gasteiger partial charge in [-0.15, -0.1) is 0 Å². The zero-order valence-corrected chi connectivity index (χ0v) is 33.1. The molecule has 0 amide bonds. The molecule has 0 heterocycles. The first-order valence-corrected chi connectivity index (χ1v) is 19.5. The molecule has 0 radical (unpaired) electrons. The zero-order valence-electron chi connectivity index (χ0n) is 31.6. The summed E-state index contributed by atoms with van der Waals surface area (Å²) in [5.41, 5.74) is 2.49. The molecule has 0 fully saturated rings. The smallest absolute Gasteiger partial charge is 0.141 e. The van der Waals surface area contributed by atoms with Crippen molar-refractivity contribution in [3.05, 3.63) is 190 Å². The maximum atomic E-state index is 14.6. The first kappa shape index (κ1) is 40.0. The molecule has 6 aromatic carbocycles. The molecule has 0 saturated heterocycles. The first-order chi connectivity index (χ1) is 26.5. The van der Waals surface area contributed by atoms with Gasteiger partial charge in [0.15, 0.2) is 0 Å². The summed E-state index contributed by atoms with van der Waals surface area (Å²) in [5, 5.41) is 0.112. The fourth-order valence-corrected chi connectivity index (χ4v) is 7.49. The number of hydrogen-bond donors (Lipinski definition) is 0. The largest absolute Gasteiger partial charge is 0.457 e. The van der Waals surface area contributed by atoms with Gasteiger partial charge in [0.2, 0.25) is 0 Å². The van der Waals surface area contributed by atoms with E-state index in [1.165, 1.54) is 12.1 Å². The number of hydrogen-bond acceptors (Lipinski definition) is 3. The molecule has 0 bridgehead atoms. The van der Waals surface area contributed by atoms with E-state index in [1.54, 1.807) is 24.3 Å². The van der Waals surface area contributed by atoms with Crippen LogP contribution in [-0.2, 0) is 28.4 Å². The van der Waals surface area contributed by atoms with Crippen molar-refractivity contribution in [2.75, 3.05) is 0 Å². The van der Waals surface area contributed by atoms with Gasteiger partial charge >= 0.3 is 0 Å². The summed E-state index contributed by atoms with van der Waals surface area (Å²) in [6, 6.07) is 45.2. The van der Waals surface area contributed by atoms with Gasteiger partial charge in [-0.25, -0.2) is 8.78 Å². The second kappa shape index (κ2) is 17.8. The van der Waals surface area contributed by atoms with Crippen molar-refractivity contribution in [3.8, 4) is 23.0 Å². The molecule has 0 N–H and O–H groups in total. The Bertz CT molecular complexity index is 2030. The molecular weight excluding hydrogens is 733 g/mol. The molecule has 0 aromatic heterocycles. The lowest BCUT2D eigenvalue weighted by atomic mass is 9.71. The highest BCUT2D eigenvalue weighted by Crippen LogP contribution is 2.43. The van der Waals surface area contributed by atoms with Crippen LogP contribution in [0.25, 0.3) is 0 Å². The molecule has 0 spiro atoms. The average Bonchev–Trinajstić information content (AvgIpc) is 3.20. The number of benzene rings is 6. The van der Waals surface area contributed by atoms with Crippen molar-refractivity contribution in [3.63, 3.8) is 0 Å². The topological polar surface area (TPSA) is 27.7 Å². The second-order valence-corrected chi connectivity index (χ2v) is 15.3. The van der Waals surface area contributed by atoms with Crippen molar-refractivity contribution in [2.45, 2.75) is 76.4 Å². The standard InChI is InChI=1S/C48H46Cl2F2O3/c1-5-47(3,35-23-25-43(51)41(49)31-35)45(29-33-15-13-21-39(27-33)53-37-17-9-7-10-18-37)55-46(48(4,6-2)36-24-26-44(52)42(50)32-36)30-34-16-14-22-40(28-34)54-38-19-11-8-12-20-38/h7-28,31-32,45-46H,5-6,29-30H2,1-4H3. The lowest BCUT2D eigenvalue weighted by molar-refractivity contribution is -0.0840. The van der Waals surface area contributed by atoms with Crippen LogP contribution < -0.4 is 9.47 Å². The summed E-state index contributed by atoms with van der Waals surface area (Å²) < 4.78 is 49.3. The van der Waals surface area contributed by atoms with Crippen molar-refractivity contribution in [1.29, 1.82) is 0 Å².